The molecule has 0 N–H and O–H groups in total. The average molecular weight is 417 g/mol. The smallest absolute Gasteiger partial charge is 0.238 e. The number of imidazole rings is 1. The van der Waals surface area contributed by atoms with Gasteiger partial charge in [0.1, 0.15) is 18.1 Å². The molecule has 0 saturated heterocycles. The minimum absolute atomic E-state index is 0.0954. The monoisotopic (exact) mass is 416 g/mol. The Morgan fingerprint density at radius 3 is 2.83 bits per heavy atom. The van der Waals surface area contributed by atoms with E-state index < -0.39 is 0 Å². The number of rotatable bonds is 2. The summed E-state index contributed by atoms with van der Waals surface area (Å²) in [5.74, 6) is 0.575. The minimum atomic E-state index is -0.0954. The molecule has 1 atom stereocenters. The molecule has 0 unspecified atom stereocenters. The molecule has 0 bridgehead atoms. The third kappa shape index (κ3) is 2.66. The van der Waals surface area contributed by atoms with Crippen LogP contribution in [-0.2, 0) is 11.2 Å². The SMILES string of the molecule is Cc1ccc([C@H]2CN=C(c3ncn4c3Cc3cnnn3-c3cc(Cl)ccc3-4)O2)cc1. The summed E-state index contributed by atoms with van der Waals surface area (Å²) >= 11 is 6.26. The van der Waals surface area contributed by atoms with E-state index in [1.54, 1.807) is 6.20 Å². The quantitative estimate of drug-likeness (QED) is 0.438. The lowest BCUT2D eigenvalue weighted by Crippen LogP contribution is -2.10. The number of aryl methyl sites for hydroxylation is 1. The van der Waals surface area contributed by atoms with Crippen molar-refractivity contribution in [3.05, 3.63) is 88.2 Å². The Kier molecular flexibility index (Phi) is 3.79. The van der Waals surface area contributed by atoms with E-state index in [4.69, 9.17) is 16.3 Å². The summed E-state index contributed by atoms with van der Waals surface area (Å²) in [6, 6.07) is 14.1. The maximum atomic E-state index is 6.26. The molecule has 2 aliphatic rings. The van der Waals surface area contributed by atoms with Crippen LogP contribution >= 0.6 is 11.6 Å². The fraction of sp³-hybridized carbons (Fsp3) is 0.182. The highest BCUT2D eigenvalue weighted by atomic mass is 35.5. The predicted octanol–water partition coefficient (Wildman–Crippen LogP) is 3.84. The second-order valence-electron chi connectivity index (χ2n) is 7.52. The number of halogens is 1. The summed E-state index contributed by atoms with van der Waals surface area (Å²) in [4.78, 5) is 9.34. The van der Waals surface area contributed by atoms with Gasteiger partial charge in [-0.25, -0.2) is 14.7 Å². The van der Waals surface area contributed by atoms with E-state index in [1.165, 1.54) is 5.56 Å². The van der Waals surface area contributed by atoms with E-state index >= 15 is 0 Å². The standard InChI is InChI=1S/C22H17ClN6O/c1-13-2-4-14(5-3-13)20-11-24-22(30-20)21-19-9-16-10-26-27-29(16)18-8-15(23)6-7-17(18)28(19)12-25-21/h2-8,10,12,20H,9,11H2,1H3/t20-/m1/s1. The van der Waals surface area contributed by atoms with Crippen LogP contribution in [0.15, 0.2) is 60.0 Å². The van der Waals surface area contributed by atoms with Gasteiger partial charge in [-0.15, -0.1) is 5.10 Å². The molecular formula is C22H17ClN6O. The van der Waals surface area contributed by atoms with Crippen LogP contribution < -0.4 is 0 Å². The van der Waals surface area contributed by atoms with Gasteiger partial charge in [-0.2, -0.15) is 0 Å². The van der Waals surface area contributed by atoms with E-state index in [-0.39, 0.29) is 6.10 Å². The lowest BCUT2D eigenvalue weighted by atomic mass is 10.1. The van der Waals surface area contributed by atoms with E-state index in [2.05, 4.69) is 56.0 Å². The van der Waals surface area contributed by atoms with Crippen LogP contribution in [0.4, 0.5) is 0 Å². The first-order chi connectivity index (χ1) is 14.7. The van der Waals surface area contributed by atoms with Crippen LogP contribution in [0.3, 0.4) is 0 Å². The maximum absolute atomic E-state index is 6.26. The number of hydrogen-bond acceptors (Lipinski definition) is 5. The molecule has 8 heteroatoms. The van der Waals surface area contributed by atoms with Gasteiger partial charge >= 0.3 is 0 Å². The molecule has 0 fully saturated rings. The highest BCUT2D eigenvalue weighted by Crippen LogP contribution is 2.32. The van der Waals surface area contributed by atoms with Crippen LogP contribution in [0.1, 0.15) is 34.3 Å². The first-order valence-electron chi connectivity index (χ1n) is 9.71. The fourth-order valence-electron chi connectivity index (χ4n) is 4.01. The van der Waals surface area contributed by atoms with Crippen molar-refractivity contribution in [1.82, 2.24) is 24.5 Å². The van der Waals surface area contributed by atoms with E-state index in [0.717, 1.165) is 34.0 Å². The predicted molar refractivity (Wildman–Crippen MR) is 113 cm³/mol. The highest BCUT2D eigenvalue weighted by molar-refractivity contribution is 6.30. The van der Waals surface area contributed by atoms with E-state index in [1.807, 2.05) is 29.2 Å². The molecule has 2 aliphatic heterocycles. The third-order valence-corrected chi connectivity index (χ3v) is 5.80. The Morgan fingerprint density at radius 1 is 1.10 bits per heavy atom. The van der Waals surface area contributed by atoms with Crippen LogP contribution in [0, 0.1) is 6.92 Å². The van der Waals surface area contributed by atoms with Crippen molar-refractivity contribution in [3.63, 3.8) is 0 Å². The average Bonchev–Trinajstić information content (AvgIpc) is 3.48. The first-order valence-corrected chi connectivity index (χ1v) is 10.1. The zero-order valence-electron chi connectivity index (χ0n) is 16.2. The largest absolute Gasteiger partial charge is 0.466 e. The Labute approximate surface area is 177 Å². The first kappa shape index (κ1) is 17.4. The number of nitrogens with zero attached hydrogens (tertiary/aromatic N) is 6. The number of fused-ring (bicyclic) bond motifs is 5. The van der Waals surface area contributed by atoms with E-state index in [9.17, 15) is 0 Å². The Morgan fingerprint density at radius 2 is 1.97 bits per heavy atom. The molecule has 0 radical (unpaired) electrons. The van der Waals surface area contributed by atoms with Crippen molar-refractivity contribution in [2.45, 2.75) is 19.4 Å². The number of aromatic nitrogens is 5. The Balaban J connectivity index is 1.41. The molecule has 4 aromatic rings. The summed E-state index contributed by atoms with van der Waals surface area (Å²) in [5.41, 5.74) is 6.83. The Bertz CT molecular complexity index is 1300. The van der Waals surface area contributed by atoms with Crippen LogP contribution in [-0.4, -0.2) is 37.0 Å². The fourth-order valence-corrected chi connectivity index (χ4v) is 4.18. The van der Waals surface area contributed by atoms with Crippen LogP contribution in [0.2, 0.25) is 5.02 Å². The van der Waals surface area contributed by atoms with Gasteiger partial charge in [0.2, 0.25) is 5.90 Å². The zero-order valence-corrected chi connectivity index (χ0v) is 16.9. The van der Waals surface area contributed by atoms with Crippen LogP contribution in [0.5, 0.6) is 0 Å². The van der Waals surface area contributed by atoms with Gasteiger partial charge in [0.05, 0.1) is 35.5 Å². The molecule has 7 nitrogen and oxygen atoms in total. The molecule has 0 aliphatic carbocycles. The van der Waals surface area contributed by atoms with Crippen molar-refractivity contribution >= 4 is 17.5 Å². The van der Waals surface area contributed by atoms with E-state index in [0.29, 0.717) is 23.9 Å². The van der Waals surface area contributed by atoms with Gasteiger partial charge in [-0.1, -0.05) is 46.6 Å². The summed E-state index contributed by atoms with van der Waals surface area (Å²) in [6.07, 6.45) is 4.08. The second kappa shape index (κ2) is 6.53. The van der Waals surface area contributed by atoms with Gasteiger partial charge < -0.3 is 4.74 Å². The maximum Gasteiger partial charge on any atom is 0.238 e. The molecule has 0 saturated carbocycles. The summed E-state index contributed by atoms with van der Waals surface area (Å²) in [7, 11) is 0. The molecule has 0 spiro atoms. The molecule has 2 aromatic carbocycles. The summed E-state index contributed by atoms with van der Waals surface area (Å²) < 4.78 is 10.1. The van der Waals surface area contributed by atoms with Crippen molar-refractivity contribution in [1.29, 1.82) is 0 Å². The number of benzene rings is 2. The Hall–Kier alpha value is -3.45. The van der Waals surface area contributed by atoms with Gasteiger partial charge in [0.15, 0.2) is 0 Å². The lowest BCUT2D eigenvalue weighted by molar-refractivity contribution is 0.229. The summed E-state index contributed by atoms with van der Waals surface area (Å²) in [6.45, 7) is 2.66. The lowest BCUT2D eigenvalue weighted by Gasteiger charge is -2.12. The molecule has 30 heavy (non-hydrogen) atoms. The number of aliphatic imine (C=N–C) groups is 1. The molecule has 148 valence electrons. The molecule has 4 heterocycles. The number of ether oxygens (including phenoxy) is 1. The summed E-state index contributed by atoms with van der Waals surface area (Å²) in [5, 5.41) is 9.00. The van der Waals surface area contributed by atoms with Crippen LogP contribution in [0.25, 0.3) is 11.4 Å². The topological polar surface area (TPSA) is 70.1 Å². The molecule has 2 aromatic heterocycles. The van der Waals surface area contributed by atoms with Crippen molar-refractivity contribution in [2.24, 2.45) is 4.99 Å². The van der Waals surface area contributed by atoms with Gasteiger partial charge in [-0.3, -0.25) is 4.57 Å². The third-order valence-electron chi connectivity index (χ3n) is 5.57. The van der Waals surface area contributed by atoms with Gasteiger partial charge in [0, 0.05) is 11.4 Å². The number of hydrogen-bond donors (Lipinski definition) is 0. The normalized spacial score (nSPS) is 16.9. The second-order valence-corrected chi connectivity index (χ2v) is 7.96. The zero-order chi connectivity index (χ0) is 20.2. The van der Waals surface area contributed by atoms with Gasteiger partial charge in [-0.05, 0) is 30.7 Å². The van der Waals surface area contributed by atoms with Crippen molar-refractivity contribution < 1.29 is 4.74 Å². The highest BCUT2D eigenvalue weighted by Gasteiger charge is 2.30. The molecule has 0 amide bonds. The molecule has 6 rings (SSSR count). The van der Waals surface area contributed by atoms with Crippen molar-refractivity contribution in [2.75, 3.05) is 6.54 Å². The van der Waals surface area contributed by atoms with Gasteiger partial charge in [0.25, 0.3) is 0 Å². The van der Waals surface area contributed by atoms with Crippen molar-refractivity contribution in [3.8, 4) is 11.4 Å². The minimum Gasteiger partial charge on any atom is -0.466 e. The molecular weight excluding hydrogens is 400 g/mol.